The van der Waals surface area contributed by atoms with Crippen LogP contribution in [0.5, 0.6) is 0 Å². The van der Waals surface area contributed by atoms with Gasteiger partial charge in [-0.3, -0.25) is 4.90 Å². The Hall–Kier alpha value is -0.905. The monoisotopic (exact) mass is 251 g/mol. The van der Waals surface area contributed by atoms with E-state index in [-0.39, 0.29) is 5.46 Å². The van der Waals surface area contributed by atoms with Gasteiger partial charge in [-0.15, -0.1) is 0 Å². The maximum atomic E-state index is 13.4. The van der Waals surface area contributed by atoms with E-state index in [0.29, 0.717) is 6.54 Å². The van der Waals surface area contributed by atoms with Crippen LogP contribution in [0.15, 0.2) is 18.2 Å². The summed E-state index contributed by atoms with van der Waals surface area (Å²) in [7, 11) is -1.61. The second kappa shape index (κ2) is 6.32. The van der Waals surface area contributed by atoms with Gasteiger partial charge in [0.25, 0.3) is 0 Å². The zero-order valence-corrected chi connectivity index (χ0v) is 10.5. The Morgan fingerprint density at radius 3 is 2.33 bits per heavy atom. The molecule has 0 radical (unpaired) electrons. The highest BCUT2D eigenvalue weighted by Crippen LogP contribution is 2.13. The van der Waals surface area contributed by atoms with Crippen LogP contribution in [0.3, 0.4) is 0 Å². The van der Waals surface area contributed by atoms with Crippen molar-refractivity contribution in [1.82, 2.24) is 4.90 Å². The zero-order valence-electron chi connectivity index (χ0n) is 10.5. The molecular formula is C13H19BFNO2. The van der Waals surface area contributed by atoms with Crippen LogP contribution in [-0.2, 0) is 6.54 Å². The number of likely N-dealkylation sites (tertiary alicyclic amines) is 1. The molecule has 0 atom stereocenters. The van der Waals surface area contributed by atoms with Crippen LogP contribution in [0, 0.1) is 5.82 Å². The predicted molar refractivity (Wildman–Crippen MR) is 70.0 cm³/mol. The lowest BCUT2D eigenvalue weighted by molar-refractivity contribution is 0.276. The van der Waals surface area contributed by atoms with Crippen molar-refractivity contribution in [3.05, 3.63) is 29.6 Å². The minimum Gasteiger partial charge on any atom is -0.423 e. The van der Waals surface area contributed by atoms with Gasteiger partial charge >= 0.3 is 7.12 Å². The van der Waals surface area contributed by atoms with E-state index in [1.54, 1.807) is 6.07 Å². The van der Waals surface area contributed by atoms with Gasteiger partial charge in [-0.05, 0) is 49.1 Å². The first-order valence-electron chi connectivity index (χ1n) is 6.53. The van der Waals surface area contributed by atoms with Crippen LogP contribution in [0.25, 0.3) is 0 Å². The number of halogens is 1. The van der Waals surface area contributed by atoms with Crippen LogP contribution < -0.4 is 5.46 Å². The van der Waals surface area contributed by atoms with Crippen LogP contribution in [0.4, 0.5) is 4.39 Å². The molecule has 0 aliphatic carbocycles. The van der Waals surface area contributed by atoms with E-state index in [2.05, 4.69) is 4.90 Å². The van der Waals surface area contributed by atoms with Gasteiger partial charge in [-0.2, -0.15) is 0 Å². The second-order valence-corrected chi connectivity index (χ2v) is 4.96. The number of nitrogens with zero attached hydrogens (tertiary/aromatic N) is 1. The fraction of sp³-hybridized carbons (Fsp3) is 0.538. The third-order valence-corrected chi connectivity index (χ3v) is 3.38. The minimum absolute atomic E-state index is 0.222. The normalized spacial score (nSPS) is 17.5. The van der Waals surface area contributed by atoms with Crippen molar-refractivity contribution in [2.45, 2.75) is 32.2 Å². The summed E-state index contributed by atoms with van der Waals surface area (Å²) >= 11 is 0. The van der Waals surface area contributed by atoms with Gasteiger partial charge in [0.15, 0.2) is 0 Å². The average molecular weight is 251 g/mol. The van der Waals surface area contributed by atoms with Gasteiger partial charge in [0.2, 0.25) is 0 Å². The lowest BCUT2D eigenvalue weighted by atomic mass is 9.79. The Morgan fingerprint density at radius 2 is 1.72 bits per heavy atom. The molecule has 1 fully saturated rings. The molecule has 0 saturated carbocycles. The summed E-state index contributed by atoms with van der Waals surface area (Å²) in [6.45, 7) is 2.75. The molecular weight excluding hydrogens is 232 g/mol. The fourth-order valence-corrected chi connectivity index (χ4v) is 2.47. The summed E-state index contributed by atoms with van der Waals surface area (Å²) < 4.78 is 13.4. The van der Waals surface area contributed by atoms with Crippen molar-refractivity contribution < 1.29 is 14.4 Å². The highest BCUT2D eigenvalue weighted by atomic mass is 19.1. The summed E-state index contributed by atoms with van der Waals surface area (Å²) in [4.78, 5) is 2.30. The third-order valence-electron chi connectivity index (χ3n) is 3.38. The fourth-order valence-electron chi connectivity index (χ4n) is 2.47. The molecule has 1 aliphatic rings. The van der Waals surface area contributed by atoms with Crippen LogP contribution in [0.1, 0.15) is 31.2 Å². The van der Waals surface area contributed by atoms with E-state index >= 15 is 0 Å². The molecule has 1 aliphatic heterocycles. The van der Waals surface area contributed by atoms with Gasteiger partial charge in [-0.1, -0.05) is 18.9 Å². The Kier molecular flexibility index (Phi) is 4.75. The average Bonchev–Trinajstić information content (AvgIpc) is 2.57. The quantitative estimate of drug-likeness (QED) is 0.784. The lowest BCUT2D eigenvalue weighted by Crippen LogP contribution is -2.31. The number of hydrogen-bond donors (Lipinski definition) is 2. The van der Waals surface area contributed by atoms with E-state index in [9.17, 15) is 4.39 Å². The van der Waals surface area contributed by atoms with Crippen molar-refractivity contribution in [1.29, 1.82) is 0 Å². The minimum atomic E-state index is -1.61. The molecule has 98 valence electrons. The SMILES string of the molecule is OB(O)c1cc(F)cc(CN2CCCCCC2)c1. The van der Waals surface area contributed by atoms with Crippen molar-refractivity contribution >= 4 is 12.6 Å². The Balaban J connectivity index is 2.07. The summed E-state index contributed by atoms with van der Waals surface area (Å²) in [6.07, 6.45) is 4.90. The lowest BCUT2D eigenvalue weighted by Gasteiger charge is -2.20. The molecule has 1 heterocycles. The smallest absolute Gasteiger partial charge is 0.423 e. The number of hydrogen-bond acceptors (Lipinski definition) is 3. The highest BCUT2D eigenvalue weighted by molar-refractivity contribution is 6.58. The molecule has 1 aromatic rings. The van der Waals surface area contributed by atoms with Crippen LogP contribution in [-0.4, -0.2) is 35.2 Å². The maximum absolute atomic E-state index is 13.4. The maximum Gasteiger partial charge on any atom is 0.488 e. The highest BCUT2D eigenvalue weighted by Gasteiger charge is 2.15. The second-order valence-electron chi connectivity index (χ2n) is 4.96. The molecule has 1 saturated heterocycles. The van der Waals surface area contributed by atoms with E-state index in [4.69, 9.17) is 10.0 Å². The topological polar surface area (TPSA) is 43.7 Å². The van der Waals surface area contributed by atoms with Crippen molar-refractivity contribution in [2.75, 3.05) is 13.1 Å². The van der Waals surface area contributed by atoms with Gasteiger partial charge < -0.3 is 10.0 Å². The standard InChI is InChI=1S/C13H19BFNO2/c15-13-8-11(7-12(9-13)14(17)18)10-16-5-3-1-2-4-6-16/h7-9,17-18H,1-6,10H2. The molecule has 1 aromatic carbocycles. The molecule has 0 aromatic heterocycles. The molecule has 3 nitrogen and oxygen atoms in total. The predicted octanol–water partition coefficient (Wildman–Crippen LogP) is 0.881. The van der Waals surface area contributed by atoms with Gasteiger partial charge in [0.1, 0.15) is 5.82 Å². The molecule has 2 N–H and O–H groups in total. The van der Waals surface area contributed by atoms with Crippen molar-refractivity contribution in [2.24, 2.45) is 0 Å². The van der Waals surface area contributed by atoms with Crippen LogP contribution >= 0.6 is 0 Å². The molecule has 2 rings (SSSR count). The van der Waals surface area contributed by atoms with Gasteiger partial charge in [0.05, 0.1) is 0 Å². The molecule has 18 heavy (non-hydrogen) atoms. The number of benzene rings is 1. The summed E-state index contributed by atoms with van der Waals surface area (Å²) in [5.41, 5.74) is 1.03. The Labute approximate surface area is 107 Å². The molecule has 0 amide bonds. The Morgan fingerprint density at radius 1 is 1.06 bits per heavy atom. The summed E-state index contributed by atoms with van der Waals surface area (Å²) in [6, 6.07) is 4.30. The summed E-state index contributed by atoms with van der Waals surface area (Å²) in [5, 5.41) is 18.2. The first-order valence-corrected chi connectivity index (χ1v) is 6.53. The largest absolute Gasteiger partial charge is 0.488 e. The molecule has 0 spiro atoms. The first-order chi connectivity index (χ1) is 8.65. The summed E-state index contributed by atoms with van der Waals surface area (Å²) in [5.74, 6) is -0.412. The van der Waals surface area contributed by atoms with Gasteiger partial charge in [0, 0.05) is 6.54 Å². The van der Waals surface area contributed by atoms with E-state index in [0.717, 1.165) is 24.7 Å². The Bertz CT molecular complexity index is 393. The first kappa shape index (κ1) is 13.5. The molecule has 0 bridgehead atoms. The van der Waals surface area contributed by atoms with E-state index in [1.807, 2.05) is 0 Å². The van der Waals surface area contributed by atoms with E-state index in [1.165, 1.54) is 31.7 Å². The van der Waals surface area contributed by atoms with Crippen molar-refractivity contribution in [3.63, 3.8) is 0 Å². The third kappa shape index (κ3) is 3.80. The zero-order chi connectivity index (χ0) is 13.0. The number of rotatable bonds is 3. The van der Waals surface area contributed by atoms with Crippen LogP contribution in [0.2, 0.25) is 0 Å². The van der Waals surface area contributed by atoms with Gasteiger partial charge in [-0.25, -0.2) is 4.39 Å². The molecule has 0 unspecified atom stereocenters. The molecule has 5 heteroatoms. The van der Waals surface area contributed by atoms with Crippen molar-refractivity contribution in [3.8, 4) is 0 Å². The van der Waals surface area contributed by atoms with E-state index < -0.39 is 12.9 Å².